The first-order valence-electron chi connectivity index (χ1n) is 6.83. The zero-order chi connectivity index (χ0) is 14.8. The molecule has 21 heavy (non-hydrogen) atoms. The van der Waals surface area contributed by atoms with E-state index in [2.05, 4.69) is 5.16 Å². The average Bonchev–Trinajstić information content (AvgIpc) is 2.96. The number of aromatic nitrogens is 1. The van der Waals surface area contributed by atoms with Gasteiger partial charge < -0.3 is 14.5 Å². The number of rotatable bonds is 2. The molecule has 2 aromatic rings. The van der Waals surface area contributed by atoms with E-state index in [9.17, 15) is 9.90 Å². The number of aliphatic hydroxyl groups excluding tert-OH is 1. The Hall–Kier alpha value is -1.85. The van der Waals surface area contributed by atoms with E-state index in [0.717, 1.165) is 18.4 Å². The number of β-amino-alcohol motifs (C(OH)–C–C–N with tert-alkyl or cyclic N) is 1. The lowest BCUT2D eigenvalue weighted by atomic mass is 10.0. The second kappa shape index (κ2) is 5.87. The monoisotopic (exact) mass is 306 g/mol. The van der Waals surface area contributed by atoms with Gasteiger partial charge in [0, 0.05) is 23.7 Å². The molecule has 1 aromatic heterocycles. The molecule has 1 aliphatic rings. The molecule has 5 nitrogen and oxygen atoms in total. The van der Waals surface area contributed by atoms with Crippen LogP contribution in [0.5, 0.6) is 0 Å². The molecule has 1 aliphatic heterocycles. The van der Waals surface area contributed by atoms with Gasteiger partial charge in [-0.25, -0.2) is 0 Å². The molecular formula is C15H15ClN2O3. The molecule has 3 rings (SSSR count). The number of amides is 1. The standard InChI is InChI=1S/C15H15ClN2O3/c16-11-5-3-10(4-6-11)14-13(9-21-17-14)15(20)18-7-1-2-12(19)8-18/h3-6,9,12,19H,1-2,7-8H2. The first-order chi connectivity index (χ1) is 10.1. The third-order valence-corrected chi connectivity index (χ3v) is 3.85. The Bertz CT molecular complexity index is 639. The van der Waals surface area contributed by atoms with Crippen LogP contribution < -0.4 is 0 Å². The molecule has 1 atom stereocenters. The van der Waals surface area contributed by atoms with Crippen LogP contribution in [0.4, 0.5) is 0 Å². The first-order valence-corrected chi connectivity index (χ1v) is 7.20. The topological polar surface area (TPSA) is 66.6 Å². The van der Waals surface area contributed by atoms with Gasteiger partial charge in [0.1, 0.15) is 17.5 Å². The van der Waals surface area contributed by atoms with Gasteiger partial charge in [-0.15, -0.1) is 0 Å². The van der Waals surface area contributed by atoms with Crippen molar-refractivity contribution >= 4 is 17.5 Å². The van der Waals surface area contributed by atoms with E-state index in [-0.39, 0.29) is 5.91 Å². The molecule has 1 fully saturated rings. The smallest absolute Gasteiger partial charge is 0.259 e. The number of hydrogen-bond acceptors (Lipinski definition) is 4. The average molecular weight is 307 g/mol. The maximum atomic E-state index is 12.6. The molecule has 1 aromatic carbocycles. The number of benzene rings is 1. The molecule has 0 spiro atoms. The molecular weight excluding hydrogens is 292 g/mol. The first kappa shape index (κ1) is 14.1. The molecule has 1 unspecified atom stereocenters. The highest BCUT2D eigenvalue weighted by atomic mass is 35.5. The predicted molar refractivity (Wildman–Crippen MR) is 78.1 cm³/mol. The van der Waals surface area contributed by atoms with Crippen molar-refractivity contribution in [1.82, 2.24) is 10.1 Å². The fourth-order valence-electron chi connectivity index (χ4n) is 2.51. The fraction of sp³-hybridized carbons (Fsp3) is 0.333. The number of likely N-dealkylation sites (tertiary alicyclic amines) is 1. The van der Waals surface area contributed by atoms with Crippen LogP contribution in [0, 0.1) is 0 Å². The number of hydrogen-bond donors (Lipinski definition) is 1. The van der Waals surface area contributed by atoms with E-state index in [0.29, 0.717) is 29.4 Å². The van der Waals surface area contributed by atoms with Crippen LogP contribution in [0.25, 0.3) is 11.3 Å². The van der Waals surface area contributed by atoms with Crippen LogP contribution in [0.3, 0.4) is 0 Å². The summed E-state index contributed by atoms with van der Waals surface area (Å²) in [5, 5.41) is 14.2. The number of carbonyl (C=O) groups excluding carboxylic acids is 1. The Labute approximate surface area is 127 Å². The van der Waals surface area contributed by atoms with E-state index in [1.54, 1.807) is 29.2 Å². The second-order valence-corrected chi connectivity index (χ2v) is 5.57. The largest absolute Gasteiger partial charge is 0.391 e. The van der Waals surface area contributed by atoms with Crippen molar-refractivity contribution in [3.8, 4) is 11.3 Å². The zero-order valence-electron chi connectivity index (χ0n) is 11.3. The lowest BCUT2D eigenvalue weighted by molar-refractivity contribution is 0.0473. The van der Waals surface area contributed by atoms with Gasteiger partial charge in [-0.1, -0.05) is 28.9 Å². The summed E-state index contributed by atoms with van der Waals surface area (Å²) < 4.78 is 4.98. The summed E-state index contributed by atoms with van der Waals surface area (Å²) in [5.41, 5.74) is 1.68. The zero-order valence-corrected chi connectivity index (χ0v) is 12.1. The van der Waals surface area contributed by atoms with E-state index in [4.69, 9.17) is 16.1 Å². The maximum Gasteiger partial charge on any atom is 0.259 e. The normalized spacial score (nSPS) is 18.8. The minimum Gasteiger partial charge on any atom is -0.391 e. The van der Waals surface area contributed by atoms with Crippen LogP contribution in [0.2, 0.25) is 5.02 Å². The molecule has 2 heterocycles. The summed E-state index contributed by atoms with van der Waals surface area (Å²) in [6, 6.07) is 7.07. The van der Waals surface area contributed by atoms with E-state index in [1.807, 2.05) is 0 Å². The van der Waals surface area contributed by atoms with Crippen molar-refractivity contribution in [3.63, 3.8) is 0 Å². The maximum absolute atomic E-state index is 12.6. The van der Waals surface area contributed by atoms with Crippen LogP contribution in [-0.2, 0) is 0 Å². The van der Waals surface area contributed by atoms with E-state index < -0.39 is 6.10 Å². The van der Waals surface area contributed by atoms with Crippen LogP contribution in [0.15, 0.2) is 35.1 Å². The predicted octanol–water partition coefficient (Wildman–Crippen LogP) is 2.59. The van der Waals surface area contributed by atoms with Gasteiger partial charge >= 0.3 is 0 Å². The van der Waals surface area contributed by atoms with Gasteiger partial charge in [0.25, 0.3) is 5.91 Å². The number of piperidine rings is 1. The number of nitrogens with zero attached hydrogens (tertiary/aromatic N) is 2. The Kier molecular flexibility index (Phi) is 3.94. The molecule has 1 amide bonds. The van der Waals surface area contributed by atoms with Gasteiger partial charge in [-0.2, -0.15) is 0 Å². The van der Waals surface area contributed by atoms with Crippen molar-refractivity contribution in [1.29, 1.82) is 0 Å². The van der Waals surface area contributed by atoms with Crippen LogP contribution in [0.1, 0.15) is 23.2 Å². The molecule has 1 N–H and O–H groups in total. The minimum atomic E-state index is -0.457. The van der Waals surface area contributed by atoms with Gasteiger partial charge in [0.2, 0.25) is 0 Å². The Morgan fingerprint density at radius 2 is 2.14 bits per heavy atom. The highest BCUT2D eigenvalue weighted by Gasteiger charge is 2.27. The third-order valence-electron chi connectivity index (χ3n) is 3.60. The molecule has 1 saturated heterocycles. The fourth-order valence-corrected chi connectivity index (χ4v) is 2.64. The quantitative estimate of drug-likeness (QED) is 0.926. The van der Waals surface area contributed by atoms with Crippen molar-refractivity contribution in [2.75, 3.05) is 13.1 Å². The number of aliphatic hydroxyl groups is 1. The SMILES string of the molecule is O=C(c1conc1-c1ccc(Cl)cc1)N1CCCC(O)C1. The summed E-state index contributed by atoms with van der Waals surface area (Å²) >= 11 is 5.87. The van der Waals surface area contributed by atoms with Crippen LogP contribution in [-0.4, -0.2) is 40.3 Å². The summed E-state index contributed by atoms with van der Waals surface area (Å²) in [6.45, 7) is 0.991. The Balaban J connectivity index is 1.88. The van der Waals surface area contributed by atoms with Gasteiger partial charge in [0.05, 0.1) is 6.10 Å². The summed E-state index contributed by atoms with van der Waals surface area (Å²) in [6.07, 6.45) is 2.43. The van der Waals surface area contributed by atoms with E-state index >= 15 is 0 Å². The molecule has 0 saturated carbocycles. The highest BCUT2D eigenvalue weighted by Crippen LogP contribution is 2.25. The molecule has 6 heteroatoms. The summed E-state index contributed by atoms with van der Waals surface area (Å²) in [7, 11) is 0. The van der Waals surface area contributed by atoms with Crippen molar-refractivity contribution in [3.05, 3.63) is 41.1 Å². The van der Waals surface area contributed by atoms with Crippen molar-refractivity contribution in [2.24, 2.45) is 0 Å². The van der Waals surface area contributed by atoms with Crippen molar-refractivity contribution in [2.45, 2.75) is 18.9 Å². The number of carbonyl (C=O) groups is 1. The van der Waals surface area contributed by atoms with Crippen LogP contribution >= 0.6 is 11.6 Å². The van der Waals surface area contributed by atoms with Gasteiger partial charge in [-0.3, -0.25) is 4.79 Å². The van der Waals surface area contributed by atoms with Crippen molar-refractivity contribution < 1.29 is 14.4 Å². The Morgan fingerprint density at radius 1 is 1.38 bits per heavy atom. The van der Waals surface area contributed by atoms with E-state index in [1.165, 1.54) is 6.26 Å². The lowest BCUT2D eigenvalue weighted by Crippen LogP contribution is -2.42. The summed E-state index contributed by atoms with van der Waals surface area (Å²) in [4.78, 5) is 14.2. The second-order valence-electron chi connectivity index (χ2n) is 5.13. The number of halogens is 1. The van der Waals surface area contributed by atoms with Gasteiger partial charge in [-0.05, 0) is 25.0 Å². The third kappa shape index (κ3) is 2.94. The minimum absolute atomic E-state index is 0.167. The molecule has 0 aliphatic carbocycles. The summed E-state index contributed by atoms with van der Waals surface area (Å²) in [5.74, 6) is -0.167. The molecule has 110 valence electrons. The van der Waals surface area contributed by atoms with Gasteiger partial charge in [0.15, 0.2) is 0 Å². The lowest BCUT2D eigenvalue weighted by Gasteiger charge is -2.29. The highest BCUT2D eigenvalue weighted by molar-refractivity contribution is 6.30. The molecule has 0 bridgehead atoms. The molecule has 0 radical (unpaired) electrons. The Morgan fingerprint density at radius 3 is 2.86 bits per heavy atom.